The van der Waals surface area contributed by atoms with E-state index in [0.717, 1.165) is 31.7 Å². The Kier molecular flexibility index (Phi) is 5.33. The molecule has 1 saturated carbocycles. The summed E-state index contributed by atoms with van der Waals surface area (Å²) in [6.45, 7) is 7.34. The van der Waals surface area contributed by atoms with Crippen molar-refractivity contribution in [2.75, 3.05) is 39.3 Å². The van der Waals surface area contributed by atoms with Crippen LogP contribution >= 0.6 is 0 Å². The Morgan fingerprint density at radius 1 is 1.25 bits per heavy atom. The van der Waals surface area contributed by atoms with Crippen molar-refractivity contribution < 1.29 is 14.7 Å². The fourth-order valence-corrected chi connectivity index (χ4v) is 4.69. The molecule has 6 heteroatoms. The minimum atomic E-state index is -0.723. The Labute approximate surface area is 144 Å². The van der Waals surface area contributed by atoms with Crippen molar-refractivity contribution in [3.05, 3.63) is 0 Å². The molecule has 0 aromatic rings. The number of piperidine rings is 1. The van der Waals surface area contributed by atoms with Crippen molar-refractivity contribution >= 4 is 12.0 Å². The molecule has 1 aliphatic carbocycles. The van der Waals surface area contributed by atoms with E-state index >= 15 is 0 Å². The van der Waals surface area contributed by atoms with E-state index in [1.807, 2.05) is 0 Å². The van der Waals surface area contributed by atoms with E-state index in [1.165, 1.54) is 25.9 Å². The van der Waals surface area contributed by atoms with Gasteiger partial charge in [-0.05, 0) is 63.6 Å². The Morgan fingerprint density at radius 3 is 2.67 bits per heavy atom. The van der Waals surface area contributed by atoms with Gasteiger partial charge in [0.1, 0.15) is 0 Å². The molecule has 3 fully saturated rings. The molecule has 0 radical (unpaired) electrons. The fourth-order valence-electron chi connectivity index (χ4n) is 4.69. The monoisotopic (exact) mass is 337 g/mol. The Hall–Kier alpha value is -1.30. The smallest absolute Gasteiger partial charge is 0.317 e. The lowest BCUT2D eigenvalue weighted by atomic mass is 9.81. The fraction of sp³-hybridized carbons (Fsp3) is 0.889. The van der Waals surface area contributed by atoms with E-state index in [9.17, 15) is 14.7 Å². The summed E-state index contributed by atoms with van der Waals surface area (Å²) < 4.78 is 0. The summed E-state index contributed by atoms with van der Waals surface area (Å²) in [5, 5.41) is 12.6. The number of carbonyl (C=O) groups excluding carboxylic acids is 1. The van der Waals surface area contributed by atoms with Crippen molar-refractivity contribution in [1.82, 2.24) is 15.1 Å². The average Bonchev–Trinajstić information content (AvgIpc) is 3.11. The molecule has 2 atom stereocenters. The van der Waals surface area contributed by atoms with Crippen LogP contribution in [0.2, 0.25) is 0 Å². The lowest BCUT2D eigenvalue weighted by molar-refractivity contribution is -0.149. The lowest BCUT2D eigenvalue weighted by Gasteiger charge is -2.30. The maximum Gasteiger partial charge on any atom is 0.317 e. The third-order valence-corrected chi connectivity index (χ3v) is 6.39. The van der Waals surface area contributed by atoms with Crippen molar-refractivity contribution in [3.63, 3.8) is 0 Å². The molecule has 6 nitrogen and oxygen atoms in total. The highest BCUT2D eigenvalue weighted by Gasteiger charge is 2.55. The highest BCUT2D eigenvalue weighted by Crippen LogP contribution is 2.48. The van der Waals surface area contributed by atoms with E-state index in [0.29, 0.717) is 26.1 Å². The van der Waals surface area contributed by atoms with Crippen LogP contribution in [0.15, 0.2) is 0 Å². The molecule has 2 amide bonds. The van der Waals surface area contributed by atoms with Crippen LogP contribution in [-0.2, 0) is 4.79 Å². The molecule has 0 unspecified atom stereocenters. The minimum Gasteiger partial charge on any atom is -0.481 e. The van der Waals surface area contributed by atoms with Crippen molar-refractivity contribution in [3.8, 4) is 0 Å². The molecule has 2 saturated heterocycles. The highest BCUT2D eigenvalue weighted by atomic mass is 16.4. The third-order valence-electron chi connectivity index (χ3n) is 6.39. The second-order valence-electron chi connectivity index (χ2n) is 8.04. The molecule has 0 aromatic heterocycles. The van der Waals surface area contributed by atoms with Gasteiger partial charge in [0.05, 0.1) is 5.41 Å². The molecular formula is C18H31N3O3. The number of carboxylic acids is 1. The van der Waals surface area contributed by atoms with E-state index in [2.05, 4.69) is 17.1 Å². The van der Waals surface area contributed by atoms with E-state index in [-0.39, 0.29) is 11.9 Å². The van der Waals surface area contributed by atoms with Gasteiger partial charge in [0.2, 0.25) is 0 Å². The Balaban J connectivity index is 1.38. The van der Waals surface area contributed by atoms with Crippen molar-refractivity contribution in [2.45, 2.75) is 45.4 Å². The number of rotatable bonds is 5. The van der Waals surface area contributed by atoms with Crippen molar-refractivity contribution in [1.29, 1.82) is 0 Å². The molecule has 24 heavy (non-hydrogen) atoms. The zero-order valence-corrected chi connectivity index (χ0v) is 14.8. The van der Waals surface area contributed by atoms with Gasteiger partial charge in [-0.3, -0.25) is 4.79 Å². The largest absolute Gasteiger partial charge is 0.481 e. The van der Waals surface area contributed by atoms with Gasteiger partial charge in [-0.25, -0.2) is 4.79 Å². The topological polar surface area (TPSA) is 72.9 Å². The summed E-state index contributed by atoms with van der Waals surface area (Å²) in [4.78, 5) is 28.2. The molecule has 0 spiro atoms. The summed E-state index contributed by atoms with van der Waals surface area (Å²) in [6, 6.07) is -0.0858. The van der Waals surface area contributed by atoms with E-state index in [1.54, 1.807) is 4.90 Å². The number of fused-ring (bicyclic) bond motifs is 1. The van der Waals surface area contributed by atoms with Crippen LogP contribution in [0, 0.1) is 17.3 Å². The summed E-state index contributed by atoms with van der Waals surface area (Å²) in [7, 11) is 0. The number of carboxylic acid groups (broad SMARTS) is 1. The number of hydrogen-bond donors (Lipinski definition) is 2. The predicted octanol–water partition coefficient (Wildman–Crippen LogP) is 2.00. The minimum absolute atomic E-state index is 0.0858. The standard InChI is InChI=1S/C18H31N3O3/c1-14-5-10-20(11-6-14)9-3-8-19-17(24)21-12-15-4-2-7-18(15,13-21)16(22)23/h14-15H,2-13H2,1H3,(H,19,24)(H,22,23)/t15-,18+/m0/s1. The molecule has 136 valence electrons. The highest BCUT2D eigenvalue weighted by molar-refractivity contribution is 5.80. The van der Waals surface area contributed by atoms with Gasteiger partial charge in [-0.2, -0.15) is 0 Å². The Morgan fingerprint density at radius 2 is 2.00 bits per heavy atom. The quantitative estimate of drug-likeness (QED) is 0.753. The number of hydrogen-bond acceptors (Lipinski definition) is 3. The van der Waals surface area contributed by atoms with Gasteiger partial charge in [-0.15, -0.1) is 0 Å². The maximum absolute atomic E-state index is 12.3. The second kappa shape index (κ2) is 7.30. The summed E-state index contributed by atoms with van der Waals surface area (Å²) >= 11 is 0. The van der Waals surface area contributed by atoms with Crippen LogP contribution < -0.4 is 5.32 Å². The maximum atomic E-state index is 12.3. The molecule has 2 N–H and O–H groups in total. The average molecular weight is 337 g/mol. The zero-order valence-electron chi connectivity index (χ0n) is 14.8. The van der Waals surface area contributed by atoms with Gasteiger partial charge in [0.15, 0.2) is 0 Å². The van der Waals surface area contributed by atoms with Crippen molar-refractivity contribution in [2.24, 2.45) is 17.3 Å². The number of carbonyl (C=O) groups is 2. The number of aliphatic carboxylic acids is 1. The van der Waals surface area contributed by atoms with Crippen LogP contribution in [0.5, 0.6) is 0 Å². The number of urea groups is 1. The normalized spacial score (nSPS) is 31.2. The Bertz CT molecular complexity index is 476. The zero-order chi connectivity index (χ0) is 17.2. The van der Waals surface area contributed by atoms with E-state index < -0.39 is 11.4 Å². The summed E-state index contributed by atoms with van der Waals surface area (Å²) in [6.07, 6.45) is 6.13. The SMILES string of the molecule is CC1CCN(CCCNC(=O)N2C[C@@H]3CCC[C@@]3(C(=O)O)C2)CC1. The number of likely N-dealkylation sites (tertiary alicyclic amines) is 2. The second-order valence-corrected chi connectivity index (χ2v) is 8.04. The molecule has 2 heterocycles. The van der Waals surface area contributed by atoms with Crippen LogP contribution in [0.25, 0.3) is 0 Å². The van der Waals surface area contributed by atoms with Gasteiger partial charge < -0.3 is 20.2 Å². The molecule has 3 rings (SSSR count). The molecule has 2 aliphatic heterocycles. The summed E-state index contributed by atoms with van der Waals surface area (Å²) in [5.74, 6) is 0.257. The van der Waals surface area contributed by atoms with E-state index in [4.69, 9.17) is 0 Å². The first kappa shape index (κ1) is 17.5. The molecule has 0 bridgehead atoms. The van der Waals surface area contributed by atoms with Crippen LogP contribution in [0.4, 0.5) is 4.79 Å². The first-order valence-corrected chi connectivity index (χ1v) is 9.50. The molecule has 3 aliphatic rings. The first-order valence-electron chi connectivity index (χ1n) is 9.50. The number of nitrogens with zero attached hydrogens (tertiary/aromatic N) is 2. The van der Waals surface area contributed by atoms with Gasteiger partial charge >= 0.3 is 12.0 Å². The number of nitrogens with one attached hydrogen (secondary N) is 1. The lowest BCUT2D eigenvalue weighted by Crippen LogP contribution is -2.42. The van der Waals surface area contributed by atoms with Gasteiger partial charge in [0, 0.05) is 19.6 Å². The van der Waals surface area contributed by atoms with Crippen LogP contribution in [0.1, 0.15) is 45.4 Å². The first-order chi connectivity index (χ1) is 11.5. The molecule has 0 aromatic carbocycles. The molecular weight excluding hydrogens is 306 g/mol. The van der Waals surface area contributed by atoms with Crippen LogP contribution in [-0.4, -0.2) is 66.2 Å². The summed E-state index contributed by atoms with van der Waals surface area (Å²) in [5.41, 5.74) is -0.679. The third kappa shape index (κ3) is 3.53. The van der Waals surface area contributed by atoms with Crippen LogP contribution in [0.3, 0.4) is 0 Å². The predicted molar refractivity (Wildman–Crippen MR) is 91.8 cm³/mol. The van der Waals surface area contributed by atoms with Gasteiger partial charge in [0.25, 0.3) is 0 Å². The number of amides is 2. The van der Waals surface area contributed by atoms with Gasteiger partial charge in [-0.1, -0.05) is 13.3 Å².